The Bertz CT molecular complexity index is 1290. The number of benzene rings is 5. The zero-order valence-corrected chi connectivity index (χ0v) is 20.5. The topological polar surface area (TPSA) is 0 Å². The molecule has 0 nitrogen and oxygen atoms in total. The molecule has 0 amide bonds. The van der Waals surface area contributed by atoms with Crippen LogP contribution in [0, 0.1) is 0 Å². The molecule has 0 atom stereocenters. The predicted octanol–water partition coefficient (Wildman–Crippen LogP) is 9.86. The van der Waals surface area contributed by atoms with Crippen molar-refractivity contribution in [2.75, 3.05) is 0 Å². The van der Waals surface area contributed by atoms with E-state index < -0.39 is 0 Å². The minimum atomic E-state index is 1.09. The SMILES string of the molecule is Brc1ccc(/C=C/c2c3ccccc3c(/C=C/c3ccc(Br)cc3)c3ccccc23)cc1. The van der Waals surface area contributed by atoms with Gasteiger partial charge in [-0.05, 0) is 68.1 Å². The minimum absolute atomic E-state index is 1.09. The molecule has 0 saturated heterocycles. The van der Waals surface area contributed by atoms with Gasteiger partial charge in [-0.25, -0.2) is 0 Å². The third-order valence-corrected chi connectivity index (χ3v) is 6.70. The molecule has 32 heavy (non-hydrogen) atoms. The van der Waals surface area contributed by atoms with Gasteiger partial charge in [0.1, 0.15) is 0 Å². The van der Waals surface area contributed by atoms with E-state index in [1.54, 1.807) is 0 Å². The summed E-state index contributed by atoms with van der Waals surface area (Å²) in [5.41, 5.74) is 4.86. The Labute approximate surface area is 205 Å². The van der Waals surface area contributed by atoms with Gasteiger partial charge in [0.15, 0.2) is 0 Å². The molecule has 0 bridgehead atoms. The van der Waals surface area contributed by atoms with Crippen LogP contribution in [0.1, 0.15) is 22.3 Å². The number of halogens is 2. The van der Waals surface area contributed by atoms with Gasteiger partial charge < -0.3 is 0 Å². The van der Waals surface area contributed by atoms with Gasteiger partial charge in [0.25, 0.3) is 0 Å². The molecule has 0 unspecified atom stereocenters. The molecule has 5 rings (SSSR count). The van der Waals surface area contributed by atoms with Crippen molar-refractivity contribution in [1.29, 1.82) is 0 Å². The highest BCUT2D eigenvalue weighted by atomic mass is 79.9. The van der Waals surface area contributed by atoms with Crippen LogP contribution < -0.4 is 0 Å². The average Bonchev–Trinajstić information content (AvgIpc) is 2.83. The van der Waals surface area contributed by atoms with Crippen molar-refractivity contribution in [2.45, 2.75) is 0 Å². The average molecular weight is 540 g/mol. The number of hydrogen-bond acceptors (Lipinski definition) is 0. The molecular weight excluding hydrogens is 520 g/mol. The maximum absolute atomic E-state index is 3.52. The third-order valence-electron chi connectivity index (χ3n) is 5.64. The van der Waals surface area contributed by atoms with Crippen LogP contribution in [0.5, 0.6) is 0 Å². The summed E-state index contributed by atoms with van der Waals surface area (Å²) in [7, 11) is 0. The Morgan fingerprint density at radius 3 is 1.00 bits per heavy atom. The van der Waals surface area contributed by atoms with Crippen LogP contribution in [0.25, 0.3) is 45.8 Å². The predicted molar refractivity (Wildman–Crippen MR) is 148 cm³/mol. The molecular formula is C30H20Br2. The van der Waals surface area contributed by atoms with Crippen molar-refractivity contribution in [3.05, 3.63) is 128 Å². The van der Waals surface area contributed by atoms with Crippen LogP contribution in [0.3, 0.4) is 0 Å². The summed E-state index contributed by atoms with van der Waals surface area (Å²) in [5.74, 6) is 0. The first kappa shape index (κ1) is 20.9. The Kier molecular flexibility index (Phi) is 6.07. The summed E-state index contributed by atoms with van der Waals surface area (Å²) in [5, 5.41) is 5.04. The summed E-state index contributed by atoms with van der Waals surface area (Å²) >= 11 is 7.03. The van der Waals surface area contributed by atoms with Gasteiger partial charge in [-0.2, -0.15) is 0 Å². The smallest absolute Gasteiger partial charge is 0.0175 e. The lowest BCUT2D eigenvalue weighted by Gasteiger charge is -2.13. The maximum Gasteiger partial charge on any atom is 0.0175 e. The zero-order valence-electron chi connectivity index (χ0n) is 17.3. The van der Waals surface area contributed by atoms with E-state index in [1.165, 1.54) is 43.8 Å². The normalized spacial score (nSPS) is 11.8. The molecule has 0 aliphatic heterocycles. The minimum Gasteiger partial charge on any atom is -0.0616 e. The van der Waals surface area contributed by atoms with Gasteiger partial charge >= 0.3 is 0 Å². The Balaban J connectivity index is 1.70. The fraction of sp³-hybridized carbons (Fsp3) is 0. The van der Waals surface area contributed by atoms with Crippen LogP contribution in [0.4, 0.5) is 0 Å². The number of hydrogen-bond donors (Lipinski definition) is 0. The highest BCUT2D eigenvalue weighted by molar-refractivity contribution is 9.10. The molecule has 0 aromatic heterocycles. The highest BCUT2D eigenvalue weighted by Gasteiger charge is 2.10. The summed E-state index contributed by atoms with van der Waals surface area (Å²) in [6.07, 6.45) is 8.88. The van der Waals surface area contributed by atoms with Crippen LogP contribution in [0.2, 0.25) is 0 Å². The van der Waals surface area contributed by atoms with Gasteiger partial charge in [0, 0.05) is 8.95 Å². The van der Waals surface area contributed by atoms with E-state index in [9.17, 15) is 0 Å². The van der Waals surface area contributed by atoms with Crippen LogP contribution in [-0.2, 0) is 0 Å². The first-order valence-electron chi connectivity index (χ1n) is 10.5. The Morgan fingerprint density at radius 1 is 0.375 bits per heavy atom. The zero-order chi connectivity index (χ0) is 21.9. The van der Waals surface area contributed by atoms with E-state index >= 15 is 0 Å². The Hall–Kier alpha value is -2.94. The first-order valence-corrected chi connectivity index (χ1v) is 12.1. The third kappa shape index (κ3) is 4.34. The van der Waals surface area contributed by atoms with E-state index in [0.717, 1.165) is 8.95 Å². The van der Waals surface area contributed by atoms with Crippen LogP contribution >= 0.6 is 31.9 Å². The van der Waals surface area contributed by atoms with Crippen molar-refractivity contribution in [1.82, 2.24) is 0 Å². The molecule has 0 heterocycles. The van der Waals surface area contributed by atoms with Crippen molar-refractivity contribution in [3.63, 3.8) is 0 Å². The lowest BCUT2D eigenvalue weighted by atomic mass is 9.91. The van der Waals surface area contributed by atoms with E-state index in [4.69, 9.17) is 0 Å². The standard InChI is InChI=1S/C30H20Br2/c31-23-15-9-21(10-16-23)13-19-29-25-5-1-2-6-26(25)30(28-8-4-3-7-27(28)29)20-14-22-11-17-24(32)18-12-22/h1-20H/b19-13+,20-14+. The lowest BCUT2D eigenvalue weighted by Crippen LogP contribution is -1.88. The molecule has 2 heteroatoms. The van der Waals surface area contributed by atoms with Crippen LogP contribution in [0.15, 0.2) is 106 Å². The lowest BCUT2D eigenvalue weighted by molar-refractivity contribution is 1.61. The van der Waals surface area contributed by atoms with Gasteiger partial charge in [0.2, 0.25) is 0 Å². The molecule has 0 saturated carbocycles. The second kappa shape index (κ2) is 9.28. The molecule has 0 spiro atoms. The number of rotatable bonds is 4. The molecule has 0 fully saturated rings. The molecule has 0 N–H and O–H groups in total. The fourth-order valence-electron chi connectivity index (χ4n) is 4.06. The first-order chi connectivity index (χ1) is 15.7. The number of fused-ring (bicyclic) bond motifs is 2. The van der Waals surface area contributed by atoms with E-state index in [-0.39, 0.29) is 0 Å². The van der Waals surface area contributed by atoms with Gasteiger partial charge in [0.05, 0.1) is 0 Å². The van der Waals surface area contributed by atoms with Crippen molar-refractivity contribution < 1.29 is 0 Å². The summed E-state index contributed by atoms with van der Waals surface area (Å²) in [4.78, 5) is 0. The van der Waals surface area contributed by atoms with Crippen LogP contribution in [-0.4, -0.2) is 0 Å². The van der Waals surface area contributed by atoms with Crippen molar-refractivity contribution >= 4 is 77.7 Å². The molecule has 0 aliphatic rings. The fourth-order valence-corrected chi connectivity index (χ4v) is 4.59. The van der Waals surface area contributed by atoms with Gasteiger partial charge in [-0.1, -0.05) is 129 Å². The monoisotopic (exact) mass is 538 g/mol. The van der Waals surface area contributed by atoms with Crippen molar-refractivity contribution in [3.8, 4) is 0 Å². The van der Waals surface area contributed by atoms with E-state index in [1.807, 2.05) is 0 Å². The second-order valence-corrected chi connectivity index (χ2v) is 9.52. The van der Waals surface area contributed by atoms with E-state index in [2.05, 4.69) is 153 Å². The Morgan fingerprint density at radius 2 is 0.688 bits per heavy atom. The summed E-state index contributed by atoms with van der Waals surface area (Å²) < 4.78 is 2.18. The molecule has 0 radical (unpaired) electrons. The van der Waals surface area contributed by atoms with Crippen molar-refractivity contribution in [2.24, 2.45) is 0 Å². The molecule has 0 aliphatic carbocycles. The quantitative estimate of drug-likeness (QED) is 0.157. The molecule has 154 valence electrons. The van der Waals surface area contributed by atoms with Gasteiger partial charge in [-0.3, -0.25) is 0 Å². The van der Waals surface area contributed by atoms with Gasteiger partial charge in [-0.15, -0.1) is 0 Å². The molecule has 5 aromatic carbocycles. The van der Waals surface area contributed by atoms with E-state index in [0.29, 0.717) is 0 Å². The second-order valence-electron chi connectivity index (χ2n) is 7.69. The highest BCUT2D eigenvalue weighted by Crippen LogP contribution is 2.35. The maximum atomic E-state index is 3.52. The molecule has 5 aromatic rings. The largest absolute Gasteiger partial charge is 0.0616 e. The summed E-state index contributed by atoms with van der Waals surface area (Å²) in [6, 6.07) is 34.2. The summed E-state index contributed by atoms with van der Waals surface area (Å²) in [6.45, 7) is 0.